The van der Waals surface area contributed by atoms with Crippen LogP contribution in [0.5, 0.6) is 5.75 Å². The van der Waals surface area contributed by atoms with Crippen molar-refractivity contribution in [3.63, 3.8) is 0 Å². The van der Waals surface area contributed by atoms with Crippen LogP contribution in [0, 0.1) is 5.82 Å². The second-order valence-electron chi connectivity index (χ2n) is 3.16. The van der Waals surface area contributed by atoms with Crippen LogP contribution in [0.2, 0.25) is 0 Å². The Morgan fingerprint density at radius 2 is 2.23 bits per heavy atom. The fraction of sp³-hybridized carbons (Fsp3) is 0.400. The molecule has 3 N–H and O–H groups in total. The Balaban J connectivity index is 2.93. The molecule has 3 heteroatoms. The van der Waals surface area contributed by atoms with Gasteiger partial charge in [-0.25, -0.2) is 4.39 Å². The van der Waals surface area contributed by atoms with Gasteiger partial charge in [-0.1, -0.05) is 19.1 Å². The van der Waals surface area contributed by atoms with E-state index in [-0.39, 0.29) is 11.7 Å². The number of benzene rings is 1. The third-order valence-corrected chi connectivity index (χ3v) is 2.15. The van der Waals surface area contributed by atoms with Crippen LogP contribution < -0.4 is 5.73 Å². The van der Waals surface area contributed by atoms with Gasteiger partial charge in [-0.15, -0.1) is 0 Å². The molecule has 2 nitrogen and oxygen atoms in total. The normalized spacial score (nSPS) is 12.8. The van der Waals surface area contributed by atoms with Gasteiger partial charge in [0.25, 0.3) is 0 Å². The van der Waals surface area contributed by atoms with E-state index in [1.54, 1.807) is 12.1 Å². The van der Waals surface area contributed by atoms with E-state index in [1.807, 2.05) is 6.92 Å². The fourth-order valence-electron chi connectivity index (χ4n) is 1.34. The summed E-state index contributed by atoms with van der Waals surface area (Å²) in [6, 6.07) is 4.56. The molecule has 0 fully saturated rings. The molecule has 0 aliphatic heterocycles. The molecule has 0 heterocycles. The molecule has 0 bridgehead atoms. The van der Waals surface area contributed by atoms with Gasteiger partial charge in [0.15, 0.2) is 11.6 Å². The number of nitrogens with two attached hydrogens (primary N) is 1. The molecular weight excluding hydrogens is 169 g/mol. The fourth-order valence-corrected chi connectivity index (χ4v) is 1.34. The zero-order chi connectivity index (χ0) is 9.84. The van der Waals surface area contributed by atoms with E-state index in [9.17, 15) is 9.50 Å². The maximum atomic E-state index is 12.9. The predicted molar refractivity (Wildman–Crippen MR) is 50.2 cm³/mol. The van der Waals surface area contributed by atoms with Gasteiger partial charge >= 0.3 is 0 Å². The van der Waals surface area contributed by atoms with Crippen molar-refractivity contribution in [2.75, 3.05) is 6.54 Å². The van der Waals surface area contributed by atoms with Crippen LogP contribution in [0.3, 0.4) is 0 Å². The minimum atomic E-state index is -0.568. The SMILES string of the molecule is CC(CCN)c1cccc(F)c1O. The summed E-state index contributed by atoms with van der Waals surface area (Å²) in [6.45, 7) is 2.46. The third-order valence-electron chi connectivity index (χ3n) is 2.15. The second kappa shape index (κ2) is 4.23. The first-order chi connectivity index (χ1) is 6.16. The highest BCUT2D eigenvalue weighted by molar-refractivity contribution is 5.35. The molecule has 0 saturated heterocycles. The van der Waals surface area contributed by atoms with Gasteiger partial charge in [0, 0.05) is 0 Å². The average molecular weight is 183 g/mol. The molecule has 0 aliphatic rings. The Labute approximate surface area is 77.2 Å². The van der Waals surface area contributed by atoms with Gasteiger partial charge in [-0.2, -0.15) is 0 Å². The van der Waals surface area contributed by atoms with Crippen molar-refractivity contribution in [3.05, 3.63) is 29.6 Å². The maximum absolute atomic E-state index is 12.9. The van der Waals surface area contributed by atoms with Crippen molar-refractivity contribution in [2.45, 2.75) is 19.3 Å². The number of para-hydroxylation sites is 1. The molecule has 1 unspecified atom stereocenters. The van der Waals surface area contributed by atoms with E-state index >= 15 is 0 Å². The number of hydrogen-bond donors (Lipinski definition) is 2. The topological polar surface area (TPSA) is 46.2 Å². The molecule has 72 valence electrons. The lowest BCUT2D eigenvalue weighted by Gasteiger charge is -2.12. The summed E-state index contributed by atoms with van der Waals surface area (Å²) >= 11 is 0. The highest BCUT2D eigenvalue weighted by atomic mass is 19.1. The van der Waals surface area contributed by atoms with Gasteiger partial charge < -0.3 is 10.8 Å². The zero-order valence-electron chi connectivity index (χ0n) is 7.63. The summed E-state index contributed by atoms with van der Waals surface area (Å²) < 4.78 is 12.9. The summed E-state index contributed by atoms with van der Waals surface area (Å²) in [4.78, 5) is 0. The monoisotopic (exact) mass is 183 g/mol. The van der Waals surface area contributed by atoms with Crippen molar-refractivity contribution in [2.24, 2.45) is 5.73 Å². The van der Waals surface area contributed by atoms with Crippen LogP contribution in [0.4, 0.5) is 4.39 Å². The van der Waals surface area contributed by atoms with Crippen molar-refractivity contribution in [3.8, 4) is 5.75 Å². The van der Waals surface area contributed by atoms with Crippen LogP contribution in [0.25, 0.3) is 0 Å². The number of phenolic OH excluding ortho intramolecular Hbond substituents is 1. The molecule has 0 radical (unpaired) electrons. The van der Waals surface area contributed by atoms with Gasteiger partial charge in [0.1, 0.15) is 0 Å². The number of rotatable bonds is 3. The van der Waals surface area contributed by atoms with Gasteiger partial charge in [-0.05, 0) is 30.5 Å². The molecule has 0 amide bonds. The molecule has 0 saturated carbocycles. The van der Waals surface area contributed by atoms with Crippen LogP contribution >= 0.6 is 0 Å². The van der Waals surface area contributed by atoms with Crippen LogP contribution in [0.15, 0.2) is 18.2 Å². The van der Waals surface area contributed by atoms with Crippen molar-refractivity contribution < 1.29 is 9.50 Å². The smallest absolute Gasteiger partial charge is 0.165 e. The Kier molecular flexibility index (Phi) is 3.25. The number of phenols is 1. The molecule has 1 rings (SSSR count). The lowest BCUT2D eigenvalue weighted by molar-refractivity contribution is 0.420. The predicted octanol–water partition coefficient (Wildman–Crippen LogP) is 1.98. The number of aromatic hydroxyl groups is 1. The molecule has 1 aromatic carbocycles. The Hall–Kier alpha value is -1.09. The standard InChI is InChI=1S/C10H14FNO/c1-7(5-6-12)8-3-2-4-9(11)10(8)13/h2-4,7,13H,5-6,12H2,1H3. The van der Waals surface area contributed by atoms with E-state index in [4.69, 9.17) is 5.73 Å². The number of halogens is 1. The summed E-state index contributed by atoms with van der Waals surface area (Å²) in [7, 11) is 0. The van der Waals surface area contributed by atoms with Crippen molar-refractivity contribution in [1.82, 2.24) is 0 Å². The molecule has 0 spiro atoms. The van der Waals surface area contributed by atoms with E-state index in [0.29, 0.717) is 12.1 Å². The first-order valence-corrected chi connectivity index (χ1v) is 4.34. The van der Waals surface area contributed by atoms with E-state index in [2.05, 4.69) is 0 Å². The minimum absolute atomic E-state index is 0.0979. The van der Waals surface area contributed by atoms with Crippen molar-refractivity contribution in [1.29, 1.82) is 0 Å². The van der Waals surface area contributed by atoms with Crippen molar-refractivity contribution >= 4 is 0 Å². The zero-order valence-corrected chi connectivity index (χ0v) is 7.63. The van der Waals surface area contributed by atoms with Crippen LogP contribution in [0.1, 0.15) is 24.8 Å². The Morgan fingerprint density at radius 3 is 2.85 bits per heavy atom. The third kappa shape index (κ3) is 2.18. The quantitative estimate of drug-likeness (QED) is 0.752. The van der Waals surface area contributed by atoms with Crippen LogP contribution in [-0.4, -0.2) is 11.7 Å². The largest absolute Gasteiger partial charge is 0.505 e. The van der Waals surface area contributed by atoms with Gasteiger partial charge in [0.2, 0.25) is 0 Å². The molecule has 13 heavy (non-hydrogen) atoms. The summed E-state index contributed by atoms with van der Waals surface area (Å²) in [5.41, 5.74) is 6.01. The summed E-state index contributed by atoms with van der Waals surface area (Å²) in [5.74, 6) is -0.717. The average Bonchev–Trinajstić information content (AvgIpc) is 2.10. The van der Waals surface area contributed by atoms with E-state index < -0.39 is 5.82 Å². The molecule has 1 atom stereocenters. The minimum Gasteiger partial charge on any atom is -0.505 e. The number of hydrogen-bond acceptors (Lipinski definition) is 2. The van der Waals surface area contributed by atoms with E-state index in [1.165, 1.54) is 6.07 Å². The Morgan fingerprint density at radius 1 is 1.54 bits per heavy atom. The Bertz CT molecular complexity index is 288. The second-order valence-corrected chi connectivity index (χ2v) is 3.16. The highest BCUT2D eigenvalue weighted by Gasteiger charge is 2.12. The van der Waals surface area contributed by atoms with Gasteiger partial charge in [0.05, 0.1) is 0 Å². The van der Waals surface area contributed by atoms with Gasteiger partial charge in [-0.3, -0.25) is 0 Å². The first kappa shape index (κ1) is 9.99. The molecule has 0 aliphatic carbocycles. The van der Waals surface area contributed by atoms with E-state index in [0.717, 1.165) is 6.42 Å². The maximum Gasteiger partial charge on any atom is 0.165 e. The lowest BCUT2D eigenvalue weighted by atomic mass is 9.97. The molecule has 0 aromatic heterocycles. The molecule has 1 aromatic rings. The van der Waals surface area contributed by atoms with Crippen LogP contribution in [-0.2, 0) is 0 Å². The molecular formula is C10H14FNO. The lowest BCUT2D eigenvalue weighted by Crippen LogP contribution is -2.05. The summed E-state index contributed by atoms with van der Waals surface area (Å²) in [5, 5.41) is 9.38. The summed E-state index contributed by atoms with van der Waals surface area (Å²) in [6.07, 6.45) is 0.747. The highest BCUT2D eigenvalue weighted by Crippen LogP contribution is 2.29. The first-order valence-electron chi connectivity index (χ1n) is 4.34.